The van der Waals surface area contributed by atoms with Crippen molar-refractivity contribution in [2.45, 2.75) is 24.1 Å². The topological polar surface area (TPSA) is 98.1 Å². The minimum atomic E-state index is -3.65. The minimum absolute atomic E-state index is 0.00322. The molecule has 0 saturated carbocycles. The lowest BCUT2D eigenvalue weighted by atomic mass is 10.2. The summed E-state index contributed by atoms with van der Waals surface area (Å²) < 4.78 is 34.5. The van der Waals surface area contributed by atoms with E-state index in [0.29, 0.717) is 5.75 Å². The molecule has 1 fully saturated rings. The molecule has 2 N–H and O–H groups in total. The molecule has 3 heterocycles. The monoisotopic (exact) mass is 337 g/mol. The molecule has 124 valence electrons. The number of ether oxygens (including phenoxy) is 1. The molecule has 0 radical (unpaired) electrons. The minimum Gasteiger partial charge on any atom is -0.487 e. The summed E-state index contributed by atoms with van der Waals surface area (Å²) in [6.45, 7) is 1.83. The molecule has 0 aromatic carbocycles. The zero-order valence-electron chi connectivity index (χ0n) is 12.8. The fraction of sp³-hybridized carbons (Fsp3) is 0.429. The summed E-state index contributed by atoms with van der Waals surface area (Å²) in [6.07, 6.45) is 7.14. The third-order valence-corrected chi connectivity index (χ3v) is 4.87. The van der Waals surface area contributed by atoms with Crippen molar-refractivity contribution in [3.8, 4) is 5.75 Å². The van der Waals surface area contributed by atoms with Crippen LogP contribution >= 0.6 is 0 Å². The van der Waals surface area contributed by atoms with Crippen molar-refractivity contribution >= 4 is 10.0 Å². The molecule has 2 aromatic rings. The van der Waals surface area contributed by atoms with Crippen molar-refractivity contribution in [3.05, 3.63) is 36.5 Å². The molecule has 2 aromatic heterocycles. The van der Waals surface area contributed by atoms with Crippen molar-refractivity contribution < 1.29 is 13.2 Å². The van der Waals surface area contributed by atoms with E-state index in [2.05, 4.69) is 20.0 Å². The number of aryl methyl sites for hydroxylation is 1. The van der Waals surface area contributed by atoms with Gasteiger partial charge in [0, 0.05) is 38.1 Å². The molecule has 1 aliphatic rings. The van der Waals surface area contributed by atoms with Gasteiger partial charge in [-0.1, -0.05) is 0 Å². The fourth-order valence-electron chi connectivity index (χ4n) is 2.34. The van der Waals surface area contributed by atoms with Gasteiger partial charge in [0.25, 0.3) is 10.0 Å². The van der Waals surface area contributed by atoms with Crippen LogP contribution in [-0.4, -0.2) is 42.1 Å². The number of imidazole rings is 1. The van der Waals surface area contributed by atoms with E-state index in [0.717, 1.165) is 25.1 Å². The standard InChI is InChI=1S/C14H19N5O3S/c1-19-9-14(17-10-19)23(20,21)18-6-11-2-4-16-8-13(11)22-12-3-5-15-7-12/h2,4,8-10,12,15,18H,3,5-7H2,1H3/t12-/m0/s1. The molecule has 0 spiro atoms. The van der Waals surface area contributed by atoms with Crippen LogP contribution in [0.25, 0.3) is 0 Å². The Morgan fingerprint density at radius 2 is 2.39 bits per heavy atom. The second-order valence-corrected chi connectivity index (χ2v) is 7.13. The zero-order chi connectivity index (χ0) is 16.3. The Morgan fingerprint density at radius 1 is 1.52 bits per heavy atom. The fourth-order valence-corrected chi connectivity index (χ4v) is 3.33. The third kappa shape index (κ3) is 3.87. The molecule has 9 heteroatoms. The largest absolute Gasteiger partial charge is 0.487 e. The molecule has 1 saturated heterocycles. The first-order chi connectivity index (χ1) is 11.0. The van der Waals surface area contributed by atoms with Gasteiger partial charge in [-0.2, -0.15) is 0 Å². The van der Waals surface area contributed by atoms with Gasteiger partial charge in [-0.3, -0.25) is 4.98 Å². The lowest BCUT2D eigenvalue weighted by Gasteiger charge is -2.15. The molecule has 0 aliphatic carbocycles. The van der Waals surface area contributed by atoms with E-state index < -0.39 is 10.0 Å². The van der Waals surface area contributed by atoms with Gasteiger partial charge in [-0.15, -0.1) is 0 Å². The van der Waals surface area contributed by atoms with E-state index in [1.807, 2.05) is 0 Å². The maximum absolute atomic E-state index is 12.2. The van der Waals surface area contributed by atoms with E-state index in [9.17, 15) is 8.42 Å². The number of aromatic nitrogens is 3. The van der Waals surface area contributed by atoms with Gasteiger partial charge in [0.15, 0.2) is 5.03 Å². The van der Waals surface area contributed by atoms with Crippen LogP contribution in [0.4, 0.5) is 0 Å². The van der Waals surface area contributed by atoms with Gasteiger partial charge in [-0.25, -0.2) is 18.1 Å². The van der Waals surface area contributed by atoms with Gasteiger partial charge >= 0.3 is 0 Å². The number of sulfonamides is 1. The van der Waals surface area contributed by atoms with E-state index in [1.54, 1.807) is 30.1 Å². The Morgan fingerprint density at radius 3 is 3.09 bits per heavy atom. The highest BCUT2D eigenvalue weighted by molar-refractivity contribution is 7.89. The van der Waals surface area contributed by atoms with E-state index in [1.165, 1.54) is 12.5 Å². The number of nitrogens with zero attached hydrogens (tertiary/aromatic N) is 3. The highest BCUT2D eigenvalue weighted by atomic mass is 32.2. The van der Waals surface area contributed by atoms with Crippen molar-refractivity contribution in [3.63, 3.8) is 0 Å². The SMILES string of the molecule is Cn1cnc(S(=O)(=O)NCc2ccncc2O[C@H]2CCNC2)c1. The van der Waals surface area contributed by atoms with Gasteiger partial charge in [0.2, 0.25) is 0 Å². The van der Waals surface area contributed by atoms with E-state index >= 15 is 0 Å². The van der Waals surface area contributed by atoms with Crippen LogP contribution in [0.1, 0.15) is 12.0 Å². The Hall–Kier alpha value is -1.97. The van der Waals surface area contributed by atoms with Crippen molar-refractivity contribution in [2.24, 2.45) is 7.05 Å². The molecule has 0 amide bonds. The maximum Gasteiger partial charge on any atom is 0.259 e. The molecule has 0 bridgehead atoms. The Bertz CT molecular complexity index is 768. The quantitative estimate of drug-likeness (QED) is 0.772. The van der Waals surface area contributed by atoms with Crippen LogP contribution in [-0.2, 0) is 23.6 Å². The van der Waals surface area contributed by atoms with E-state index in [-0.39, 0.29) is 17.7 Å². The average Bonchev–Trinajstić information content (AvgIpc) is 3.18. The smallest absolute Gasteiger partial charge is 0.259 e. The van der Waals surface area contributed by atoms with Gasteiger partial charge in [0.05, 0.1) is 12.5 Å². The van der Waals surface area contributed by atoms with Crippen LogP contribution < -0.4 is 14.8 Å². The molecule has 0 unspecified atom stereocenters. The summed E-state index contributed by atoms with van der Waals surface area (Å²) >= 11 is 0. The molecule has 3 rings (SSSR count). The molecular formula is C14H19N5O3S. The van der Waals surface area contributed by atoms with Crippen molar-refractivity contribution in [1.82, 2.24) is 24.6 Å². The second-order valence-electron chi connectivity index (χ2n) is 5.42. The summed E-state index contributed by atoms with van der Waals surface area (Å²) in [5.74, 6) is 0.602. The van der Waals surface area contributed by atoms with Crippen LogP contribution in [0, 0.1) is 0 Å². The zero-order valence-corrected chi connectivity index (χ0v) is 13.6. The molecule has 8 nitrogen and oxygen atoms in total. The van der Waals surface area contributed by atoms with Crippen LogP contribution in [0.5, 0.6) is 5.75 Å². The molecule has 1 aliphatic heterocycles. The van der Waals surface area contributed by atoms with Gasteiger partial charge in [-0.05, 0) is 19.0 Å². The summed E-state index contributed by atoms with van der Waals surface area (Å²) in [5.41, 5.74) is 0.742. The second kappa shape index (κ2) is 6.65. The van der Waals surface area contributed by atoms with Crippen LogP contribution in [0.2, 0.25) is 0 Å². The number of pyridine rings is 1. The average molecular weight is 337 g/mol. The Labute approximate surface area is 135 Å². The normalized spacial score (nSPS) is 18.2. The number of hydrogen-bond donors (Lipinski definition) is 2. The van der Waals surface area contributed by atoms with Gasteiger partial charge in [0.1, 0.15) is 11.9 Å². The van der Waals surface area contributed by atoms with Gasteiger partial charge < -0.3 is 14.6 Å². The Balaban J connectivity index is 1.70. The van der Waals surface area contributed by atoms with Crippen LogP contribution in [0.3, 0.4) is 0 Å². The van der Waals surface area contributed by atoms with Crippen molar-refractivity contribution in [2.75, 3.05) is 13.1 Å². The summed E-state index contributed by atoms with van der Waals surface area (Å²) in [4.78, 5) is 7.92. The molecular weight excluding hydrogens is 318 g/mol. The van der Waals surface area contributed by atoms with Crippen molar-refractivity contribution in [1.29, 1.82) is 0 Å². The lowest BCUT2D eigenvalue weighted by Crippen LogP contribution is -2.25. The Kier molecular flexibility index (Phi) is 4.60. The summed E-state index contributed by atoms with van der Waals surface area (Å²) in [7, 11) is -1.93. The number of rotatable bonds is 6. The highest BCUT2D eigenvalue weighted by Crippen LogP contribution is 2.20. The first-order valence-electron chi connectivity index (χ1n) is 7.32. The number of nitrogens with one attached hydrogen (secondary N) is 2. The highest BCUT2D eigenvalue weighted by Gasteiger charge is 2.20. The lowest BCUT2D eigenvalue weighted by molar-refractivity contribution is 0.220. The first kappa shape index (κ1) is 15.9. The predicted molar refractivity (Wildman–Crippen MR) is 83.4 cm³/mol. The maximum atomic E-state index is 12.2. The van der Waals surface area contributed by atoms with E-state index in [4.69, 9.17) is 4.74 Å². The summed E-state index contributed by atoms with van der Waals surface area (Å²) in [5, 5.41) is 3.22. The molecule has 1 atom stereocenters. The summed E-state index contributed by atoms with van der Waals surface area (Å²) in [6, 6.07) is 1.75. The predicted octanol–water partition coefficient (Wildman–Crippen LogP) is 0.0343. The number of hydrogen-bond acceptors (Lipinski definition) is 6. The molecule has 23 heavy (non-hydrogen) atoms. The first-order valence-corrected chi connectivity index (χ1v) is 8.81. The third-order valence-electron chi connectivity index (χ3n) is 3.59. The van der Waals surface area contributed by atoms with Crippen LogP contribution in [0.15, 0.2) is 36.0 Å².